The van der Waals surface area contributed by atoms with E-state index >= 15 is 0 Å². The van der Waals surface area contributed by atoms with Crippen molar-refractivity contribution in [3.63, 3.8) is 0 Å². The second kappa shape index (κ2) is 8.15. The Bertz CT molecular complexity index is 800. The number of fused-ring (bicyclic) bond motifs is 1. The number of nitrogens with zero attached hydrogens (tertiary/aromatic N) is 4. The van der Waals surface area contributed by atoms with Crippen LogP contribution in [0, 0.1) is 5.92 Å². The van der Waals surface area contributed by atoms with Crippen LogP contribution in [0.3, 0.4) is 0 Å². The Morgan fingerprint density at radius 3 is 2.65 bits per heavy atom. The second-order valence-corrected chi connectivity index (χ2v) is 6.94. The molecule has 0 spiro atoms. The zero-order valence-corrected chi connectivity index (χ0v) is 15.0. The Morgan fingerprint density at radius 2 is 1.85 bits per heavy atom. The van der Waals surface area contributed by atoms with Crippen molar-refractivity contribution >= 4 is 5.82 Å². The highest BCUT2D eigenvalue weighted by Gasteiger charge is 2.21. The first-order valence-electron chi connectivity index (χ1n) is 9.28. The lowest BCUT2D eigenvalue weighted by Gasteiger charge is -2.23. The molecule has 1 aliphatic heterocycles. The zero-order valence-electron chi connectivity index (χ0n) is 15.0. The van der Waals surface area contributed by atoms with Gasteiger partial charge in [0.15, 0.2) is 0 Å². The Labute approximate surface area is 154 Å². The number of anilines is 1. The maximum Gasteiger partial charge on any atom is 0.125 e. The highest BCUT2D eigenvalue weighted by molar-refractivity contribution is 5.32. The Morgan fingerprint density at radius 1 is 0.962 bits per heavy atom. The molecule has 0 aromatic carbocycles. The molecule has 134 valence electrons. The summed E-state index contributed by atoms with van der Waals surface area (Å²) in [5, 5.41) is 3.44. The fourth-order valence-electron chi connectivity index (χ4n) is 3.66. The van der Waals surface area contributed by atoms with E-state index in [0.29, 0.717) is 5.92 Å². The van der Waals surface area contributed by atoms with Crippen molar-refractivity contribution in [3.8, 4) is 0 Å². The molecule has 0 amide bonds. The summed E-state index contributed by atoms with van der Waals surface area (Å²) < 4.78 is 2.41. The lowest BCUT2D eigenvalue weighted by Crippen LogP contribution is -2.29. The van der Waals surface area contributed by atoms with E-state index in [0.717, 1.165) is 50.7 Å². The first-order valence-corrected chi connectivity index (χ1v) is 9.28. The fraction of sp³-hybridized carbons (Fsp3) is 0.333. The van der Waals surface area contributed by atoms with Crippen molar-refractivity contribution in [1.29, 1.82) is 0 Å². The van der Waals surface area contributed by atoms with Gasteiger partial charge in [-0.3, -0.25) is 9.88 Å². The van der Waals surface area contributed by atoms with Gasteiger partial charge in [-0.05, 0) is 48.7 Å². The molecule has 4 heterocycles. The lowest BCUT2D eigenvalue weighted by atomic mass is 10.0. The van der Waals surface area contributed by atoms with Crippen LogP contribution in [0.2, 0.25) is 0 Å². The minimum atomic E-state index is 0.601. The third-order valence-corrected chi connectivity index (χ3v) is 4.92. The van der Waals surface area contributed by atoms with Crippen LogP contribution in [0.5, 0.6) is 0 Å². The van der Waals surface area contributed by atoms with Crippen LogP contribution >= 0.6 is 0 Å². The zero-order chi connectivity index (χ0) is 17.6. The first-order chi connectivity index (χ1) is 12.9. The van der Waals surface area contributed by atoms with Gasteiger partial charge in [-0.25, -0.2) is 4.98 Å². The molecule has 0 unspecified atom stereocenters. The van der Waals surface area contributed by atoms with E-state index in [1.807, 2.05) is 36.7 Å². The molecule has 3 aromatic rings. The Kier molecular flexibility index (Phi) is 5.26. The summed E-state index contributed by atoms with van der Waals surface area (Å²) in [6, 6.07) is 16.5. The number of hydrogen-bond donors (Lipinski definition) is 1. The third kappa shape index (κ3) is 4.29. The van der Waals surface area contributed by atoms with Crippen LogP contribution in [0.4, 0.5) is 5.82 Å². The van der Waals surface area contributed by atoms with E-state index in [9.17, 15) is 0 Å². The van der Waals surface area contributed by atoms with Crippen molar-refractivity contribution in [2.24, 2.45) is 5.92 Å². The van der Waals surface area contributed by atoms with Gasteiger partial charge in [0.25, 0.3) is 0 Å². The number of nitrogens with one attached hydrogen (secondary N) is 1. The minimum Gasteiger partial charge on any atom is -0.370 e. The molecular formula is C21H25N5. The van der Waals surface area contributed by atoms with Crippen molar-refractivity contribution in [2.45, 2.75) is 26.1 Å². The molecule has 1 N–H and O–H groups in total. The summed E-state index contributed by atoms with van der Waals surface area (Å²) in [6.07, 6.45) is 7.03. The largest absolute Gasteiger partial charge is 0.370 e. The highest BCUT2D eigenvalue weighted by atomic mass is 15.2. The van der Waals surface area contributed by atoms with Crippen LogP contribution in [0.1, 0.15) is 17.8 Å². The number of aromatic nitrogens is 3. The van der Waals surface area contributed by atoms with Gasteiger partial charge in [-0.2, -0.15) is 0 Å². The van der Waals surface area contributed by atoms with Gasteiger partial charge in [-0.15, -0.1) is 0 Å². The van der Waals surface area contributed by atoms with Gasteiger partial charge >= 0.3 is 0 Å². The molecule has 1 atom stereocenters. The maximum atomic E-state index is 4.50. The van der Waals surface area contributed by atoms with E-state index < -0.39 is 0 Å². The van der Waals surface area contributed by atoms with Crippen LogP contribution in [0.15, 0.2) is 67.1 Å². The van der Waals surface area contributed by atoms with E-state index in [2.05, 4.69) is 55.2 Å². The van der Waals surface area contributed by atoms with E-state index in [1.165, 1.54) is 5.69 Å². The fourth-order valence-corrected chi connectivity index (χ4v) is 3.66. The van der Waals surface area contributed by atoms with Crippen molar-refractivity contribution in [1.82, 2.24) is 19.4 Å². The summed E-state index contributed by atoms with van der Waals surface area (Å²) in [7, 11) is 0. The Hall–Kier alpha value is -2.66. The van der Waals surface area contributed by atoms with Crippen molar-refractivity contribution in [2.75, 3.05) is 18.4 Å². The number of rotatable bonds is 6. The van der Waals surface area contributed by atoms with Gasteiger partial charge in [0, 0.05) is 57.0 Å². The molecule has 0 bridgehead atoms. The lowest BCUT2D eigenvalue weighted by molar-refractivity contribution is 0.215. The molecule has 26 heavy (non-hydrogen) atoms. The first kappa shape index (κ1) is 16.8. The summed E-state index contributed by atoms with van der Waals surface area (Å²) >= 11 is 0. The van der Waals surface area contributed by atoms with Gasteiger partial charge in [-0.1, -0.05) is 12.1 Å². The summed E-state index contributed by atoms with van der Waals surface area (Å²) in [6.45, 7) is 4.98. The molecular weight excluding hydrogens is 322 g/mol. The number of hydrogen-bond acceptors (Lipinski definition) is 4. The van der Waals surface area contributed by atoms with Crippen LogP contribution in [0.25, 0.3) is 0 Å². The highest BCUT2D eigenvalue weighted by Crippen LogP contribution is 2.21. The third-order valence-electron chi connectivity index (χ3n) is 4.92. The molecule has 0 saturated carbocycles. The molecule has 5 heteroatoms. The average Bonchev–Trinajstić information content (AvgIpc) is 3.03. The topological polar surface area (TPSA) is 46.0 Å². The molecule has 0 fully saturated rings. The molecule has 5 nitrogen and oxygen atoms in total. The van der Waals surface area contributed by atoms with Gasteiger partial charge in [0.2, 0.25) is 0 Å². The standard InChI is InChI=1S/C21H25N5/c1-3-10-22-19(6-1)16-25-14-18(15-26-13-5-7-20(26)17-25)9-12-24-21-8-2-4-11-23-21/h1-8,10-11,13,18H,9,12,14-17H2,(H,23,24)/t18-/m0/s1. The van der Waals surface area contributed by atoms with E-state index in [-0.39, 0.29) is 0 Å². The SMILES string of the molecule is c1ccc(CN2Cc3cccn3C[C@@H](CCNc3ccccn3)C2)nc1. The summed E-state index contributed by atoms with van der Waals surface area (Å²) in [5.41, 5.74) is 2.53. The predicted molar refractivity (Wildman–Crippen MR) is 104 cm³/mol. The van der Waals surface area contributed by atoms with E-state index in [1.54, 1.807) is 0 Å². The quantitative estimate of drug-likeness (QED) is 0.742. The van der Waals surface area contributed by atoms with Crippen LogP contribution in [-0.4, -0.2) is 32.5 Å². The molecule has 0 saturated heterocycles. The van der Waals surface area contributed by atoms with Crippen LogP contribution in [-0.2, 0) is 19.6 Å². The smallest absolute Gasteiger partial charge is 0.125 e. The average molecular weight is 347 g/mol. The van der Waals surface area contributed by atoms with E-state index in [4.69, 9.17) is 0 Å². The molecule has 1 aliphatic rings. The summed E-state index contributed by atoms with van der Waals surface area (Å²) in [4.78, 5) is 11.4. The summed E-state index contributed by atoms with van der Waals surface area (Å²) in [5.74, 6) is 1.55. The number of pyridine rings is 2. The molecule has 0 aliphatic carbocycles. The Balaban J connectivity index is 1.40. The monoisotopic (exact) mass is 347 g/mol. The van der Waals surface area contributed by atoms with Crippen molar-refractivity contribution in [3.05, 3.63) is 78.5 Å². The van der Waals surface area contributed by atoms with Gasteiger partial charge in [0.1, 0.15) is 5.82 Å². The van der Waals surface area contributed by atoms with Gasteiger partial charge < -0.3 is 9.88 Å². The van der Waals surface area contributed by atoms with Gasteiger partial charge in [0.05, 0.1) is 5.69 Å². The molecule has 0 radical (unpaired) electrons. The molecule has 4 rings (SSSR count). The minimum absolute atomic E-state index is 0.601. The van der Waals surface area contributed by atoms with Crippen molar-refractivity contribution < 1.29 is 0 Å². The molecule has 3 aromatic heterocycles. The normalized spacial score (nSPS) is 17.5. The van der Waals surface area contributed by atoms with Crippen LogP contribution < -0.4 is 5.32 Å². The predicted octanol–water partition coefficient (Wildman–Crippen LogP) is 3.41. The second-order valence-electron chi connectivity index (χ2n) is 6.94. The maximum absolute atomic E-state index is 4.50.